The Morgan fingerprint density at radius 3 is 1.83 bits per heavy atom. The molecule has 0 saturated carbocycles. The van der Waals surface area contributed by atoms with Crippen LogP contribution in [0.5, 0.6) is 0 Å². The van der Waals surface area contributed by atoms with Crippen molar-refractivity contribution < 1.29 is 19.1 Å². The van der Waals surface area contributed by atoms with Crippen molar-refractivity contribution in [3.05, 3.63) is 35.4 Å². The number of carbonyl (C=O) groups excluding carboxylic acids is 2. The highest BCUT2D eigenvalue weighted by atomic mass is 16.7. The van der Waals surface area contributed by atoms with E-state index >= 15 is 0 Å². The number of benzene rings is 1. The molecule has 0 bridgehead atoms. The van der Waals surface area contributed by atoms with E-state index in [2.05, 4.69) is 18.9 Å². The molecule has 1 amide bonds. The first-order valence-electron chi connectivity index (χ1n) is 17.2. The number of esters is 1. The van der Waals surface area contributed by atoms with Crippen LogP contribution in [0.4, 0.5) is 4.79 Å². The Labute approximate surface area is 257 Å². The third-order valence-corrected chi connectivity index (χ3v) is 8.52. The fourth-order valence-electron chi connectivity index (χ4n) is 6.08. The average molecular weight is 582 g/mol. The van der Waals surface area contributed by atoms with Crippen LogP contribution < -0.4 is 0 Å². The highest BCUT2D eigenvalue weighted by Crippen LogP contribution is 2.36. The second kappa shape index (κ2) is 23.0. The number of terminal acetylenes is 1. The first-order valence-corrected chi connectivity index (χ1v) is 17.2. The van der Waals surface area contributed by atoms with Crippen LogP contribution >= 0.6 is 0 Å². The number of hydrogen-bond donors (Lipinski definition) is 0. The van der Waals surface area contributed by atoms with Crippen molar-refractivity contribution in [3.8, 4) is 12.3 Å². The average Bonchev–Trinajstić information content (AvgIpc) is 3.40. The van der Waals surface area contributed by atoms with Crippen molar-refractivity contribution in [1.82, 2.24) is 4.90 Å². The zero-order chi connectivity index (χ0) is 30.3. The molecule has 0 spiro atoms. The van der Waals surface area contributed by atoms with E-state index in [1.165, 1.54) is 108 Å². The quantitative estimate of drug-likeness (QED) is 0.0527. The van der Waals surface area contributed by atoms with Gasteiger partial charge in [0.25, 0.3) is 0 Å². The Morgan fingerprint density at radius 1 is 0.810 bits per heavy atom. The summed E-state index contributed by atoms with van der Waals surface area (Å²) in [5.74, 6) is 2.24. The Kier molecular flexibility index (Phi) is 19.6. The molecule has 42 heavy (non-hydrogen) atoms. The van der Waals surface area contributed by atoms with Crippen molar-refractivity contribution in [2.45, 2.75) is 167 Å². The molecule has 0 saturated heterocycles. The number of amides is 1. The lowest BCUT2D eigenvalue weighted by molar-refractivity contribution is -0.166. The zero-order valence-electron chi connectivity index (χ0n) is 26.9. The highest BCUT2D eigenvalue weighted by Gasteiger charge is 2.32. The highest BCUT2D eigenvalue weighted by molar-refractivity contribution is 5.71. The fourth-order valence-corrected chi connectivity index (χ4v) is 6.08. The van der Waals surface area contributed by atoms with Crippen LogP contribution in [0, 0.1) is 12.3 Å². The molecule has 5 nitrogen and oxygen atoms in total. The van der Waals surface area contributed by atoms with Crippen LogP contribution in [0.1, 0.15) is 166 Å². The van der Waals surface area contributed by atoms with Crippen molar-refractivity contribution in [2.75, 3.05) is 6.54 Å². The molecule has 2 rings (SSSR count). The van der Waals surface area contributed by atoms with Crippen LogP contribution in [-0.4, -0.2) is 29.8 Å². The lowest BCUT2D eigenvalue weighted by Gasteiger charge is -2.28. The van der Waals surface area contributed by atoms with Crippen molar-refractivity contribution in [1.29, 1.82) is 0 Å². The molecule has 0 radical (unpaired) electrons. The fraction of sp³-hybridized carbons (Fsp3) is 0.730. The summed E-state index contributed by atoms with van der Waals surface area (Å²) in [6, 6.07) is 7.99. The largest absolute Gasteiger partial charge is 0.425 e. The van der Waals surface area contributed by atoms with Gasteiger partial charge in [-0.15, -0.1) is 6.42 Å². The summed E-state index contributed by atoms with van der Waals surface area (Å²) in [4.78, 5) is 26.7. The van der Waals surface area contributed by atoms with Gasteiger partial charge in [0.15, 0.2) is 0 Å². The lowest BCUT2D eigenvalue weighted by atomic mass is 10.0. The maximum atomic E-state index is 12.9. The molecule has 1 aromatic carbocycles. The van der Waals surface area contributed by atoms with Gasteiger partial charge >= 0.3 is 12.1 Å². The molecule has 2 unspecified atom stereocenters. The van der Waals surface area contributed by atoms with E-state index in [9.17, 15) is 9.59 Å². The molecule has 1 aliphatic rings. The smallest absolute Gasteiger partial charge is 0.414 e. The van der Waals surface area contributed by atoms with E-state index in [0.29, 0.717) is 6.42 Å². The van der Waals surface area contributed by atoms with Crippen LogP contribution in [0.2, 0.25) is 0 Å². The Hall–Kier alpha value is -2.48. The van der Waals surface area contributed by atoms with E-state index in [0.717, 1.165) is 37.7 Å². The van der Waals surface area contributed by atoms with Gasteiger partial charge in [0, 0.05) is 13.3 Å². The molecule has 2 atom stereocenters. The number of rotatable bonds is 24. The Balaban J connectivity index is 1.42. The van der Waals surface area contributed by atoms with Crippen LogP contribution in [-0.2, 0) is 20.7 Å². The van der Waals surface area contributed by atoms with Gasteiger partial charge in [0.2, 0.25) is 6.29 Å². The summed E-state index contributed by atoms with van der Waals surface area (Å²) < 4.78 is 10.8. The van der Waals surface area contributed by atoms with Gasteiger partial charge in [-0.2, -0.15) is 0 Å². The Bertz CT molecular complexity index is 907. The summed E-state index contributed by atoms with van der Waals surface area (Å²) in [7, 11) is 0. The molecule has 1 aliphatic carbocycles. The maximum Gasteiger partial charge on any atom is 0.414 e. The first-order chi connectivity index (χ1) is 20.6. The summed E-state index contributed by atoms with van der Waals surface area (Å²) >= 11 is 0. The van der Waals surface area contributed by atoms with Crippen molar-refractivity contribution in [3.63, 3.8) is 0 Å². The maximum absolute atomic E-state index is 12.9. The summed E-state index contributed by atoms with van der Waals surface area (Å²) in [6.07, 6.45) is 31.2. The Morgan fingerprint density at radius 2 is 1.31 bits per heavy atom. The first kappa shape index (κ1) is 35.7. The van der Waals surface area contributed by atoms with Gasteiger partial charge in [0.05, 0.1) is 12.6 Å². The van der Waals surface area contributed by atoms with Gasteiger partial charge in [-0.05, 0) is 30.4 Å². The third kappa shape index (κ3) is 15.1. The van der Waals surface area contributed by atoms with Crippen molar-refractivity contribution >= 4 is 12.1 Å². The second-order valence-electron chi connectivity index (χ2n) is 12.1. The second-order valence-corrected chi connectivity index (χ2v) is 12.1. The van der Waals surface area contributed by atoms with E-state index in [1.54, 1.807) is 11.8 Å². The topological polar surface area (TPSA) is 55.8 Å². The number of carbonyl (C=O) groups is 2. The lowest BCUT2D eigenvalue weighted by Crippen LogP contribution is -2.37. The van der Waals surface area contributed by atoms with E-state index in [4.69, 9.17) is 15.9 Å². The third-order valence-electron chi connectivity index (χ3n) is 8.52. The van der Waals surface area contributed by atoms with Gasteiger partial charge in [-0.25, -0.2) is 4.79 Å². The number of nitrogens with zero attached hydrogens (tertiary/aromatic N) is 1. The van der Waals surface area contributed by atoms with Crippen LogP contribution in [0.3, 0.4) is 0 Å². The predicted octanol–water partition coefficient (Wildman–Crippen LogP) is 10.5. The zero-order valence-corrected chi connectivity index (χ0v) is 26.9. The molecule has 1 aromatic rings. The van der Waals surface area contributed by atoms with Gasteiger partial charge < -0.3 is 9.47 Å². The normalized spacial score (nSPS) is 14.6. The summed E-state index contributed by atoms with van der Waals surface area (Å²) in [6.45, 7) is 4.02. The minimum atomic E-state index is -0.942. The summed E-state index contributed by atoms with van der Waals surface area (Å²) in [5.41, 5.74) is 2.34. The number of ether oxygens (including phenoxy) is 2. The molecule has 236 valence electrons. The molecular formula is C37H59NO4. The van der Waals surface area contributed by atoms with Gasteiger partial charge in [-0.3, -0.25) is 9.69 Å². The van der Waals surface area contributed by atoms with Crippen LogP contribution in [0.15, 0.2) is 24.3 Å². The summed E-state index contributed by atoms with van der Waals surface area (Å²) in [5, 5.41) is 0. The molecule has 0 N–H and O–H groups in total. The standard InChI is InChI=1S/C37H59NO4/c1-4-6-7-8-9-10-11-12-13-14-15-16-17-18-19-20-21-22-23-28-36(39)41-32(3)42-37(40)38(31-5-2)35-30-29-33-26-24-25-27-34(33)35/h2,24-27,32,35H,4,6-23,28-31H2,1,3H3. The molecule has 0 fully saturated rings. The minimum Gasteiger partial charge on any atom is -0.425 e. The molecule has 0 heterocycles. The minimum absolute atomic E-state index is 0.114. The predicted molar refractivity (Wildman–Crippen MR) is 173 cm³/mol. The van der Waals surface area contributed by atoms with E-state index < -0.39 is 12.4 Å². The number of unbranched alkanes of at least 4 members (excludes halogenated alkanes) is 18. The molecular weight excluding hydrogens is 522 g/mol. The SMILES string of the molecule is C#CCN(C(=O)OC(C)OC(=O)CCCCCCCCCCCCCCCCCCCCC)C1CCc2ccccc21. The van der Waals surface area contributed by atoms with Crippen molar-refractivity contribution in [2.24, 2.45) is 0 Å². The molecule has 0 aromatic heterocycles. The number of fused-ring (bicyclic) bond motifs is 1. The number of aryl methyl sites for hydroxylation is 1. The molecule has 0 aliphatic heterocycles. The van der Waals surface area contributed by atoms with Gasteiger partial charge in [0.1, 0.15) is 0 Å². The van der Waals surface area contributed by atoms with E-state index in [-0.39, 0.29) is 18.6 Å². The van der Waals surface area contributed by atoms with Crippen LogP contribution in [0.25, 0.3) is 0 Å². The molecule has 5 heteroatoms. The van der Waals surface area contributed by atoms with E-state index in [1.807, 2.05) is 18.2 Å². The number of hydrogen-bond acceptors (Lipinski definition) is 4. The monoisotopic (exact) mass is 581 g/mol. The van der Waals surface area contributed by atoms with Gasteiger partial charge in [-0.1, -0.05) is 153 Å².